The summed E-state index contributed by atoms with van der Waals surface area (Å²) in [6, 6.07) is 18.2. The van der Waals surface area contributed by atoms with Gasteiger partial charge >= 0.3 is 0 Å². The van der Waals surface area contributed by atoms with Crippen LogP contribution in [-0.4, -0.2) is 23.6 Å². The van der Waals surface area contributed by atoms with Crippen LogP contribution in [0, 0.1) is 11.3 Å². The highest BCUT2D eigenvalue weighted by Gasteiger charge is 2.13. The molecule has 0 unspecified atom stereocenters. The molecule has 0 saturated heterocycles. The molecule has 0 N–H and O–H groups in total. The van der Waals surface area contributed by atoms with Crippen LogP contribution in [0.2, 0.25) is 0 Å². The SMILES string of the molecule is CN(Cc1ccc(C#N)cc1)C(=O)CCC(=O)c1ccccc1. The summed E-state index contributed by atoms with van der Waals surface area (Å²) in [5, 5.41) is 8.77. The lowest BCUT2D eigenvalue weighted by molar-refractivity contribution is -0.130. The quantitative estimate of drug-likeness (QED) is 0.770. The Morgan fingerprint density at radius 1 is 1.00 bits per heavy atom. The van der Waals surface area contributed by atoms with E-state index in [4.69, 9.17) is 5.26 Å². The second kappa shape index (κ2) is 7.90. The van der Waals surface area contributed by atoms with Gasteiger partial charge in [0.2, 0.25) is 5.91 Å². The first-order valence-electron chi connectivity index (χ1n) is 7.41. The summed E-state index contributed by atoms with van der Waals surface area (Å²) in [6.07, 6.45) is 0.404. The van der Waals surface area contributed by atoms with Gasteiger partial charge in [-0.3, -0.25) is 9.59 Å². The van der Waals surface area contributed by atoms with Crippen molar-refractivity contribution < 1.29 is 9.59 Å². The van der Waals surface area contributed by atoms with Crippen molar-refractivity contribution in [2.24, 2.45) is 0 Å². The predicted octanol–water partition coefficient (Wildman–Crippen LogP) is 3.18. The molecule has 0 aliphatic rings. The Kier molecular flexibility index (Phi) is 5.65. The van der Waals surface area contributed by atoms with Crippen LogP contribution in [0.3, 0.4) is 0 Å². The highest BCUT2D eigenvalue weighted by molar-refractivity contribution is 5.97. The predicted molar refractivity (Wildman–Crippen MR) is 87.6 cm³/mol. The third kappa shape index (κ3) is 4.79. The van der Waals surface area contributed by atoms with E-state index in [9.17, 15) is 9.59 Å². The number of nitrogens with zero attached hydrogens (tertiary/aromatic N) is 2. The Bertz CT molecular complexity index is 715. The molecule has 4 heteroatoms. The number of amides is 1. The molecule has 2 aromatic carbocycles. The molecular formula is C19H18N2O2. The van der Waals surface area contributed by atoms with Gasteiger partial charge in [0.05, 0.1) is 11.6 Å². The number of carbonyl (C=O) groups excluding carboxylic acids is 2. The summed E-state index contributed by atoms with van der Waals surface area (Å²) < 4.78 is 0. The van der Waals surface area contributed by atoms with Crippen LogP contribution in [0.1, 0.15) is 34.3 Å². The fourth-order valence-electron chi connectivity index (χ4n) is 2.23. The number of carbonyl (C=O) groups is 2. The third-order valence-electron chi connectivity index (χ3n) is 3.59. The number of benzene rings is 2. The van der Waals surface area contributed by atoms with Gasteiger partial charge in [-0.25, -0.2) is 0 Å². The van der Waals surface area contributed by atoms with E-state index in [1.165, 1.54) is 0 Å². The van der Waals surface area contributed by atoms with Crippen LogP contribution < -0.4 is 0 Å². The first kappa shape index (κ1) is 16.4. The van der Waals surface area contributed by atoms with Gasteiger partial charge in [0.1, 0.15) is 0 Å². The van der Waals surface area contributed by atoms with Gasteiger partial charge in [-0.1, -0.05) is 42.5 Å². The Morgan fingerprint density at radius 3 is 2.26 bits per heavy atom. The third-order valence-corrected chi connectivity index (χ3v) is 3.59. The van der Waals surface area contributed by atoms with Crippen molar-refractivity contribution in [3.05, 3.63) is 71.3 Å². The van der Waals surface area contributed by atoms with Crippen molar-refractivity contribution in [1.82, 2.24) is 4.90 Å². The fourth-order valence-corrected chi connectivity index (χ4v) is 2.23. The lowest BCUT2D eigenvalue weighted by atomic mass is 10.1. The van der Waals surface area contributed by atoms with Crippen molar-refractivity contribution in [3.63, 3.8) is 0 Å². The molecule has 0 spiro atoms. The van der Waals surface area contributed by atoms with E-state index in [0.717, 1.165) is 5.56 Å². The molecule has 0 radical (unpaired) electrons. The molecule has 0 aliphatic carbocycles. The molecule has 0 bridgehead atoms. The zero-order chi connectivity index (χ0) is 16.7. The number of nitriles is 1. The molecule has 23 heavy (non-hydrogen) atoms. The molecule has 2 aromatic rings. The first-order chi connectivity index (χ1) is 11.1. The Hall–Kier alpha value is -2.93. The van der Waals surface area contributed by atoms with Crippen molar-refractivity contribution in [2.75, 3.05) is 7.05 Å². The maximum absolute atomic E-state index is 12.1. The molecule has 0 atom stereocenters. The van der Waals surface area contributed by atoms with Crippen LogP contribution in [-0.2, 0) is 11.3 Å². The van der Waals surface area contributed by atoms with Crippen molar-refractivity contribution >= 4 is 11.7 Å². The van der Waals surface area contributed by atoms with Crippen LogP contribution in [0.15, 0.2) is 54.6 Å². The standard InChI is InChI=1S/C19H18N2O2/c1-21(14-16-9-7-15(13-20)8-10-16)19(23)12-11-18(22)17-5-3-2-4-6-17/h2-10H,11-12,14H2,1H3. The number of ketones is 1. The fraction of sp³-hybridized carbons (Fsp3) is 0.211. The van der Waals surface area contributed by atoms with Crippen LogP contribution in [0.25, 0.3) is 0 Å². The van der Waals surface area contributed by atoms with Crippen LogP contribution >= 0.6 is 0 Å². The number of hydrogen-bond donors (Lipinski definition) is 0. The van der Waals surface area contributed by atoms with Gasteiger partial charge in [-0.15, -0.1) is 0 Å². The summed E-state index contributed by atoms with van der Waals surface area (Å²) in [5.74, 6) is -0.0932. The number of Topliss-reactive ketones (excluding diaryl/α,β-unsaturated/α-hetero) is 1. The lowest BCUT2D eigenvalue weighted by Crippen LogP contribution is -2.26. The highest BCUT2D eigenvalue weighted by Crippen LogP contribution is 2.09. The smallest absolute Gasteiger partial charge is 0.223 e. The van der Waals surface area contributed by atoms with Gasteiger partial charge < -0.3 is 4.90 Å². The number of hydrogen-bond acceptors (Lipinski definition) is 3. The van der Waals surface area contributed by atoms with Crippen molar-refractivity contribution in [1.29, 1.82) is 5.26 Å². The van der Waals surface area contributed by atoms with Gasteiger partial charge in [0.15, 0.2) is 5.78 Å². The minimum Gasteiger partial charge on any atom is -0.341 e. The summed E-state index contributed by atoms with van der Waals surface area (Å²) in [4.78, 5) is 25.7. The molecule has 2 rings (SSSR count). The molecule has 0 heterocycles. The Balaban J connectivity index is 1.85. The largest absolute Gasteiger partial charge is 0.341 e. The molecular weight excluding hydrogens is 288 g/mol. The highest BCUT2D eigenvalue weighted by atomic mass is 16.2. The number of rotatable bonds is 6. The van der Waals surface area contributed by atoms with E-state index in [-0.39, 0.29) is 24.5 Å². The van der Waals surface area contributed by atoms with Crippen molar-refractivity contribution in [3.8, 4) is 6.07 Å². The van der Waals surface area contributed by atoms with E-state index in [2.05, 4.69) is 6.07 Å². The normalized spacial score (nSPS) is 9.91. The maximum atomic E-state index is 12.1. The summed E-state index contributed by atoms with van der Waals surface area (Å²) in [6.45, 7) is 0.462. The Labute approximate surface area is 136 Å². The van der Waals surface area contributed by atoms with E-state index < -0.39 is 0 Å². The molecule has 0 aliphatic heterocycles. The average Bonchev–Trinajstić information content (AvgIpc) is 2.60. The first-order valence-corrected chi connectivity index (χ1v) is 7.41. The van der Waals surface area contributed by atoms with Crippen LogP contribution in [0.4, 0.5) is 0 Å². The second-order valence-electron chi connectivity index (χ2n) is 5.35. The minimum absolute atomic E-state index is 0.0225. The molecule has 116 valence electrons. The van der Waals surface area contributed by atoms with E-state index in [1.807, 2.05) is 30.3 Å². The van der Waals surface area contributed by atoms with E-state index in [1.54, 1.807) is 36.2 Å². The monoisotopic (exact) mass is 306 g/mol. The van der Waals surface area contributed by atoms with Crippen molar-refractivity contribution in [2.45, 2.75) is 19.4 Å². The van der Waals surface area contributed by atoms with E-state index >= 15 is 0 Å². The van der Waals surface area contributed by atoms with E-state index in [0.29, 0.717) is 17.7 Å². The van der Waals surface area contributed by atoms with Gasteiger partial charge in [0, 0.05) is 32.0 Å². The summed E-state index contributed by atoms with van der Waals surface area (Å²) in [7, 11) is 1.72. The van der Waals surface area contributed by atoms with Gasteiger partial charge in [0.25, 0.3) is 0 Å². The lowest BCUT2D eigenvalue weighted by Gasteiger charge is -2.17. The molecule has 0 aromatic heterocycles. The minimum atomic E-state index is -0.0707. The zero-order valence-corrected chi connectivity index (χ0v) is 13.0. The van der Waals surface area contributed by atoms with Crippen LogP contribution in [0.5, 0.6) is 0 Å². The molecule has 1 amide bonds. The summed E-state index contributed by atoms with van der Waals surface area (Å²) >= 11 is 0. The average molecular weight is 306 g/mol. The van der Waals surface area contributed by atoms with Gasteiger partial charge in [-0.05, 0) is 17.7 Å². The molecule has 4 nitrogen and oxygen atoms in total. The molecule has 0 fully saturated rings. The zero-order valence-electron chi connectivity index (χ0n) is 13.0. The topological polar surface area (TPSA) is 61.2 Å². The summed E-state index contributed by atoms with van der Waals surface area (Å²) in [5.41, 5.74) is 2.18. The maximum Gasteiger partial charge on any atom is 0.223 e. The molecule has 0 saturated carbocycles. The second-order valence-corrected chi connectivity index (χ2v) is 5.35. The van der Waals surface area contributed by atoms with Gasteiger partial charge in [-0.2, -0.15) is 5.26 Å². The Morgan fingerprint density at radius 2 is 1.65 bits per heavy atom.